The van der Waals surface area contributed by atoms with Crippen LogP contribution in [0.25, 0.3) is 22.4 Å². The maximum atomic E-state index is 13.0. The number of H-pyrrole nitrogens is 2. The normalized spacial score (nSPS) is 15.0. The molecule has 0 amide bonds. The predicted octanol–water partition coefficient (Wildman–Crippen LogP) is 4.40. The molecule has 5 rings (SSSR count). The van der Waals surface area contributed by atoms with E-state index in [9.17, 15) is 4.79 Å². The molecule has 0 atom stereocenters. The van der Waals surface area contributed by atoms with E-state index in [0.29, 0.717) is 35.3 Å². The van der Waals surface area contributed by atoms with Gasteiger partial charge >= 0.3 is 0 Å². The number of pyridine rings is 1. The number of hydrogen-bond donors (Lipinski definition) is 3. The van der Waals surface area contributed by atoms with Gasteiger partial charge in [0, 0.05) is 39.9 Å². The van der Waals surface area contributed by atoms with Gasteiger partial charge in [-0.2, -0.15) is 5.10 Å². The minimum absolute atomic E-state index is 0.193. The number of hydrogen-bond acceptors (Lipinski definition) is 6. The molecule has 4 aromatic rings. The second-order valence-electron chi connectivity index (χ2n) is 10.2. The van der Waals surface area contributed by atoms with Crippen molar-refractivity contribution in [2.75, 3.05) is 45.2 Å². The summed E-state index contributed by atoms with van der Waals surface area (Å²) in [6.07, 6.45) is 4.54. The van der Waals surface area contributed by atoms with Crippen LogP contribution in [-0.2, 0) is 18.2 Å². The van der Waals surface area contributed by atoms with Crippen molar-refractivity contribution in [2.24, 2.45) is 7.05 Å². The van der Waals surface area contributed by atoms with Gasteiger partial charge in [-0.05, 0) is 69.0 Å². The summed E-state index contributed by atoms with van der Waals surface area (Å²) >= 11 is 6.42. The Morgan fingerprint density at radius 3 is 2.74 bits per heavy atom. The molecule has 9 nitrogen and oxygen atoms in total. The van der Waals surface area contributed by atoms with E-state index in [1.807, 2.05) is 20.0 Å². The number of nitrogens with zero attached hydrogens (tertiary/aromatic N) is 4. The molecule has 202 valence electrons. The summed E-state index contributed by atoms with van der Waals surface area (Å²) in [7, 11) is 3.64. The summed E-state index contributed by atoms with van der Waals surface area (Å²) in [6.45, 7) is 8.55. The molecule has 3 aromatic heterocycles. The summed E-state index contributed by atoms with van der Waals surface area (Å²) in [6, 6.07) is 6.34. The molecule has 4 heterocycles. The fourth-order valence-electron chi connectivity index (χ4n) is 5.37. The fraction of sp³-hybridized carbons (Fsp3) is 0.464. The molecule has 1 aliphatic rings. The highest BCUT2D eigenvalue weighted by molar-refractivity contribution is 6.31. The van der Waals surface area contributed by atoms with Gasteiger partial charge in [0.2, 0.25) is 0 Å². The van der Waals surface area contributed by atoms with Gasteiger partial charge in [0.15, 0.2) is 0 Å². The van der Waals surface area contributed by atoms with Gasteiger partial charge in [-0.15, -0.1) is 0 Å². The van der Waals surface area contributed by atoms with Gasteiger partial charge in [-0.25, -0.2) is 4.98 Å². The van der Waals surface area contributed by atoms with Crippen LogP contribution in [0.15, 0.2) is 29.2 Å². The molecule has 38 heavy (non-hydrogen) atoms. The maximum Gasteiger partial charge on any atom is 0.261 e. The van der Waals surface area contributed by atoms with Crippen molar-refractivity contribution in [1.29, 1.82) is 0 Å². The van der Waals surface area contributed by atoms with E-state index in [2.05, 4.69) is 44.3 Å². The van der Waals surface area contributed by atoms with Crippen LogP contribution in [0.3, 0.4) is 0 Å². The van der Waals surface area contributed by atoms with Gasteiger partial charge < -0.3 is 24.9 Å². The summed E-state index contributed by atoms with van der Waals surface area (Å²) in [4.78, 5) is 26.5. The lowest BCUT2D eigenvalue weighted by Gasteiger charge is -2.32. The number of aromatic nitrogens is 5. The molecule has 1 aromatic carbocycles. The summed E-state index contributed by atoms with van der Waals surface area (Å²) in [5.74, 6) is 1.08. The number of fused-ring (bicyclic) bond motifs is 1. The standard InChI is InChI=1S/C28H36ClN7O2/c1-17-15-20(19-7-11-36(12-8-19)13-14-38-4)16-23-26(17)33-27(32-23)24-21(5-10-31-28(24)37)30-9-6-22-25(29)18(2)35(3)34-22/h5,10,15-16,19H,6-9,11-14H2,1-4H3,(H,32,33)(H2,30,31,37). The largest absolute Gasteiger partial charge is 0.384 e. The Labute approximate surface area is 227 Å². The summed E-state index contributed by atoms with van der Waals surface area (Å²) < 4.78 is 7.02. The zero-order chi connectivity index (χ0) is 26.8. The molecule has 0 saturated carbocycles. The van der Waals surface area contributed by atoms with Crippen molar-refractivity contribution in [2.45, 2.75) is 39.0 Å². The molecule has 1 fully saturated rings. The molecular formula is C28H36ClN7O2. The van der Waals surface area contributed by atoms with Crippen molar-refractivity contribution >= 4 is 28.3 Å². The number of piperidine rings is 1. The number of anilines is 1. The molecule has 0 aliphatic carbocycles. The third kappa shape index (κ3) is 5.36. The first kappa shape index (κ1) is 26.5. The van der Waals surface area contributed by atoms with Crippen LogP contribution < -0.4 is 10.9 Å². The van der Waals surface area contributed by atoms with E-state index in [-0.39, 0.29) is 5.56 Å². The number of likely N-dealkylation sites (tertiary alicyclic amines) is 1. The van der Waals surface area contributed by atoms with Gasteiger partial charge in [0.25, 0.3) is 5.56 Å². The number of imidazole rings is 1. The molecule has 0 unspecified atom stereocenters. The van der Waals surface area contributed by atoms with Crippen molar-refractivity contribution in [1.82, 2.24) is 29.6 Å². The molecule has 0 radical (unpaired) electrons. The molecule has 0 spiro atoms. The van der Waals surface area contributed by atoms with E-state index in [4.69, 9.17) is 21.3 Å². The summed E-state index contributed by atoms with van der Waals surface area (Å²) in [5, 5.41) is 8.57. The highest BCUT2D eigenvalue weighted by Crippen LogP contribution is 2.33. The van der Waals surface area contributed by atoms with Gasteiger partial charge in [0.05, 0.1) is 39.7 Å². The quantitative estimate of drug-likeness (QED) is 0.292. The van der Waals surface area contributed by atoms with Crippen molar-refractivity contribution in [3.8, 4) is 11.4 Å². The van der Waals surface area contributed by atoms with Crippen molar-refractivity contribution in [3.05, 3.63) is 62.3 Å². The topological polar surface area (TPSA) is 104 Å². The van der Waals surface area contributed by atoms with E-state index in [1.54, 1.807) is 18.0 Å². The molecular weight excluding hydrogens is 502 g/mol. The third-order valence-corrected chi connectivity index (χ3v) is 8.16. The Hall–Kier alpha value is -3.14. The van der Waals surface area contributed by atoms with E-state index >= 15 is 0 Å². The van der Waals surface area contributed by atoms with Gasteiger partial charge in [0.1, 0.15) is 11.4 Å². The Morgan fingerprint density at radius 1 is 1.24 bits per heavy atom. The second kappa shape index (κ2) is 11.3. The lowest BCUT2D eigenvalue weighted by atomic mass is 9.88. The van der Waals surface area contributed by atoms with Crippen LogP contribution in [0.2, 0.25) is 5.02 Å². The lowest BCUT2D eigenvalue weighted by Crippen LogP contribution is -2.35. The molecule has 1 saturated heterocycles. The van der Waals surface area contributed by atoms with Gasteiger partial charge in [-0.1, -0.05) is 17.7 Å². The number of ether oxygens (including phenoxy) is 1. The Kier molecular flexibility index (Phi) is 7.88. The van der Waals surface area contributed by atoms with Gasteiger partial charge in [-0.3, -0.25) is 9.48 Å². The molecule has 10 heteroatoms. The average Bonchev–Trinajstić information content (AvgIpc) is 3.44. The second-order valence-corrected chi connectivity index (χ2v) is 10.5. The van der Waals surface area contributed by atoms with E-state index in [0.717, 1.165) is 72.8 Å². The predicted molar refractivity (Wildman–Crippen MR) is 152 cm³/mol. The van der Waals surface area contributed by atoms with Crippen LogP contribution in [0.4, 0.5) is 5.69 Å². The number of nitrogens with one attached hydrogen (secondary N) is 3. The monoisotopic (exact) mass is 537 g/mol. The Morgan fingerprint density at radius 2 is 2.03 bits per heavy atom. The molecule has 1 aliphatic heterocycles. The minimum atomic E-state index is -0.193. The Bertz CT molecular complexity index is 1480. The lowest BCUT2D eigenvalue weighted by molar-refractivity contribution is 0.130. The maximum absolute atomic E-state index is 13.0. The smallest absolute Gasteiger partial charge is 0.261 e. The first-order valence-corrected chi connectivity index (χ1v) is 13.6. The SMILES string of the molecule is COCCN1CCC(c2cc(C)c3nc(-c4c(NCCc5nn(C)c(C)c5Cl)cc[nH]c4=O)[nH]c3c2)CC1. The zero-order valence-corrected chi connectivity index (χ0v) is 23.3. The van der Waals surface area contributed by atoms with Crippen LogP contribution in [0.5, 0.6) is 0 Å². The number of methoxy groups -OCH3 is 1. The first-order chi connectivity index (χ1) is 18.4. The minimum Gasteiger partial charge on any atom is -0.384 e. The number of aromatic amines is 2. The molecule has 3 N–H and O–H groups in total. The zero-order valence-electron chi connectivity index (χ0n) is 22.5. The van der Waals surface area contributed by atoms with Crippen LogP contribution >= 0.6 is 11.6 Å². The number of aryl methyl sites for hydroxylation is 2. The van der Waals surface area contributed by atoms with Crippen LogP contribution in [0.1, 0.15) is 41.3 Å². The van der Waals surface area contributed by atoms with Crippen LogP contribution in [0, 0.1) is 13.8 Å². The van der Waals surface area contributed by atoms with Crippen molar-refractivity contribution in [3.63, 3.8) is 0 Å². The highest BCUT2D eigenvalue weighted by Gasteiger charge is 2.22. The fourth-order valence-corrected chi connectivity index (χ4v) is 5.62. The number of halogens is 1. The third-order valence-electron chi connectivity index (χ3n) is 7.67. The number of rotatable bonds is 9. The average molecular weight is 538 g/mol. The van der Waals surface area contributed by atoms with E-state index < -0.39 is 0 Å². The summed E-state index contributed by atoms with van der Waals surface area (Å²) in [5.41, 5.74) is 7.10. The Balaban J connectivity index is 1.36. The highest BCUT2D eigenvalue weighted by atomic mass is 35.5. The molecule has 0 bridgehead atoms. The first-order valence-electron chi connectivity index (χ1n) is 13.2. The van der Waals surface area contributed by atoms with Crippen molar-refractivity contribution < 1.29 is 4.74 Å². The van der Waals surface area contributed by atoms with Crippen LogP contribution in [-0.4, -0.2) is 69.5 Å². The number of benzene rings is 1. The van der Waals surface area contributed by atoms with E-state index in [1.165, 1.54) is 5.56 Å².